The molecule has 1 fully saturated rings. The number of hydrogen-bond acceptors (Lipinski definition) is 3. The molecule has 1 aliphatic rings. The first kappa shape index (κ1) is 12.7. The van der Waals surface area contributed by atoms with E-state index in [9.17, 15) is 4.79 Å². The fourth-order valence-corrected chi connectivity index (χ4v) is 2.23. The van der Waals surface area contributed by atoms with Gasteiger partial charge in [-0.15, -0.1) is 0 Å². The van der Waals surface area contributed by atoms with Crippen molar-refractivity contribution in [2.75, 3.05) is 20.3 Å². The number of nitrogens with one attached hydrogen (secondary N) is 1. The third-order valence-corrected chi connectivity index (χ3v) is 3.22. The van der Waals surface area contributed by atoms with Crippen molar-refractivity contribution >= 4 is 5.91 Å². The number of methoxy groups -OCH3 is 1. The Hall–Kier alpha value is -1.71. The first-order chi connectivity index (χ1) is 8.74. The van der Waals surface area contributed by atoms with Crippen molar-refractivity contribution in [1.29, 1.82) is 0 Å². The van der Waals surface area contributed by atoms with Crippen LogP contribution in [-0.4, -0.2) is 26.2 Å². The number of ether oxygens (including phenoxy) is 2. The van der Waals surface area contributed by atoms with Gasteiger partial charge in [-0.05, 0) is 31.0 Å². The third-order valence-electron chi connectivity index (χ3n) is 3.22. The predicted octanol–water partition coefficient (Wildman–Crippen LogP) is 2.09. The van der Waals surface area contributed by atoms with Gasteiger partial charge in [0.05, 0.1) is 13.7 Å². The van der Waals surface area contributed by atoms with E-state index in [0.29, 0.717) is 25.5 Å². The number of carbonyl (C=O) groups excluding carboxylic acids is 1. The van der Waals surface area contributed by atoms with Crippen molar-refractivity contribution < 1.29 is 14.3 Å². The van der Waals surface area contributed by atoms with Gasteiger partial charge in [-0.25, -0.2) is 0 Å². The quantitative estimate of drug-likeness (QED) is 0.888. The average Bonchev–Trinajstić information content (AvgIpc) is 2.40. The summed E-state index contributed by atoms with van der Waals surface area (Å²) in [5.41, 5.74) is 1.19. The highest BCUT2D eigenvalue weighted by Crippen LogP contribution is 2.33. The normalized spacial score (nSPS) is 19.2. The average molecular weight is 249 g/mol. The van der Waals surface area contributed by atoms with Crippen molar-refractivity contribution in [3.63, 3.8) is 0 Å². The number of carbonyl (C=O) groups is 1. The number of benzene rings is 1. The van der Waals surface area contributed by atoms with Crippen molar-refractivity contribution in [3.05, 3.63) is 23.8 Å². The van der Waals surface area contributed by atoms with Crippen molar-refractivity contribution in [2.24, 2.45) is 0 Å². The zero-order valence-electron chi connectivity index (χ0n) is 10.9. The zero-order valence-corrected chi connectivity index (χ0v) is 10.9. The Morgan fingerprint density at radius 2 is 2.22 bits per heavy atom. The lowest BCUT2D eigenvalue weighted by Crippen LogP contribution is -2.33. The minimum Gasteiger partial charge on any atom is -0.493 e. The van der Waals surface area contributed by atoms with Gasteiger partial charge in [0.25, 0.3) is 0 Å². The third kappa shape index (κ3) is 2.75. The molecule has 1 aliphatic heterocycles. The summed E-state index contributed by atoms with van der Waals surface area (Å²) in [6.45, 7) is 3.27. The van der Waals surface area contributed by atoms with Crippen LogP contribution >= 0.6 is 0 Å². The second-order valence-electron chi connectivity index (χ2n) is 4.38. The van der Waals surface area contributed by atoms with E-state index in [1.54, 1.807) is 7.11 Å². The largest absolute Gasteiger partial charge is 0.493 e. The summed E-state index contributed by atoms with van der Waals surface area (Å²) in [5.74, 6) is 2.03. The first-order valence-corrected chi connectivity index (χ1v) is 6.32. The van der Waals surface area contributed by atoms with E-state index < -0.39 is 0 Å². The van der Waals surface area contributed by atoms with Crippen LogP contribution in [0.4, 0.5) is 0 Å². The van der Waals surface area contributed by atoms with Crippen LogP contribution in [0.5, 0.6) is 11.5 Å². The van der Waals surface area contributed by atoms with Crippen molar-refractivity contribution in [2.45, 2.75) is 25.7 Å². The number of piperidine rings is 1. The van der Waals surface area contributed by atoms with Gasteiger partial charge in [0.2, 0.25) is 5.91 Å². The lowest BCUT2D eigenvalue weighted by Gasteiger charge is -2.23. The van der Waals surface area contributed by atoms with Gasteiger partial charge in [0, 0.05) is 18.9 Å². The van der Waals surface area contributed by atoms with Crippen LogP contribution in [0.1, 0.15) is 31.2 Å². The molecular weight excluding hydrogens is 230 g/mol. The second-order valence-corrected chi connectivity index (χ2v) is 4.38. The monoisotopic (exact) mass is 249 g/mol. The standard InChI is InChI=1S/C14H19NO3/c1-3-18-13-8-10(4-6-12(13)17-2)11-5-7-14(16)15-9-11/h4,6,8,11H,3,5,7,9H2,1-2H3,(H,15,16)/t11-/m1/s1. The van der Waals surface area contributed by atoms with E-state index in [0.717, 1.165) is 17.9 Å². The molecule has 98 valence electrons. The Morgan fingerprint density at radius 1 is 1.39 bits per heavy atom. The summed E-state index contributed by atoms with van der Waals surface area (Å²) >= 11 is 0. The van der Waals surface area contributed by atoms with Gasteiger partial charge in [-0.1, -0.05) is 6.07 Å². The van der Waals surface area contributed by atoms with Gasteiger partial charge in [0.1, 0.15) is 0 Å². The highest BCUT2D eigenvalue weighted by Gasteiger charge is 2.20. The molecule has 0 bridgehead atoms. The molecule has 18 heavy (non-hydrogen) atoms. The highest BCUT2D eigenvalue weighted by atomic mass is 16.5. The van der Waals surface area contributed by atoms with Crippen LogP contribution in [0.3, 0.4) is 0 Å². The maximum absolute atomic E-state index is 11.2. The van der Waals surface area contributed by atoms with E-state index in [2.05, 4.69) is 5.32 Å². The molecule has 1 N–H and O–H groups in total. The minimum atomic E-state index is 0.143. The van der Waals surface area contributed by atoms with Crippen LogP contribution < -0.4 is 14.8 Å². The molecule has 4 nitrogen and oxygen atoms in total. The molecular formula is C14H19NO3. The SMILES string of the molecule is CCOc1cc([C@@H]2CCC(=O)NC2)ccc1OC. The van der Waals surface area contributed by atoms with Crippen LogP contribution in [0.2, 0.25) is 0 Å². The van der Waals surface area contributed by atoms with Gasteiger partial charge in [-0.3, -0.25) is 4.79 Å². The molecule has 0 saturated carbocycles. The Kier molecular flexibility index (Phi) is 4.07. The summed E-state index contributed by atoms with van der Waals surface area (Å²) in [7, 11) is 1.64. The molecule has 0 aromatic heterocycles. The van der Waals surface area contributed by atoms with E-state index in [-0.39, 0.29) is 5.91 Å². The highest BCUT2D eigenvalue weighted by molar-refractivity contribution is 5.76. The van der Waals surface area contributed by atoms with E-state index in [4.69, 9.17) is 9.47 Å². The molecule has 1 aromatic rings. The fourth-order valence-electron chi connectivity index (χ4n) is 2.23. The summed E-state index contributed by atoms with van der Waals surface area (Å²) in [6, 6.07) is 5.99. The lowest BCUT2D eigenvalue weighted by atomic mass is 9.91. The fraction of sp³-hybridized carbons (Fsp3) is 0.500. The number of rotatable bonds is 4. The molecule has 0 radical (unpaired) electrons. The molecule has 1 aromatic carbocycles. The lowest BCUT2D eigenvalue weighted by molar-refractivity contribution is -0.122. The Labute approximate surface area is 107 Å². The summed E-state index contributed by atoms with van der Waals surface area (Å²) in [4.78, 5) is 11.2. The van der Waals surface area contributed by atoms with E-state index >= 15 is 0 Å². The number of hydrogen-bond donors (Lipinski definition) is 1. The molecule has 1 amide bonds. The van der Waals surface area contributed by atoms with E-state index in [1.165, 1.54) is 5.56 Å². The molecule has 1 saturated heterocycles. The summed E-state index contributed by atoms with van der Waals surface area (Å²) in [5, 5.41) is 2.90. The molecule has 1 heterocycles. The van der Waals surface area contributed by atoms with Gasteiger partial charge >= 0.3 is 0 Å². The Balaban J connectivity index is 2.18. The number of amides is 1. The van der Waals surface area contributed by atoms with Crippen molar-refractivity contribution in [3.8, 4) is 11.5 Å². The Bertz CT molecular complexity index is 421. The van der Waals surface area contributed by atoms with E-state index in [1.807, 2.05) is 25.1 Å². The van der Waals surface area contributed by atoms with Gasteiger partial charge in [-0.2, -0.15) is 0 Å². The molecule has 1 atom stereocenters. The molecule has 0 unspecified atom stereocenters. The van der Waals surface area contributed by atoms with Gasteiger partial charge < -0.3 is 14.8 Å². The summed E-state index contributed by atoms with van der Waals surface area (Å²) < 4.78 is 10.8. The first-order valence-electron chi connectivity index (χ1n) is 6.32. The van der Waals surface area contributed by atoms with Crippen LogP contribution in [0.25, 0.3) is 0 Å². The molecule has 4 heteroatoms. The van der Waals surface area contributed by atoms with Crippen LogP contribution in [0, 0.1) is 0 Å². The summed E-state index contributed by atoms with van der Waals surface area (Å²) in [6.07, 6.45) is 1.49. The maximum atomic E-state index is 11.2. The molecule has 2 rings (SSSR count). The van der Waals surface area contributed by atoms with Crippen molar-refractivity contribution in [1.82, 2.24) is 5.32 Å². The molecule has 0 aliphatic carbocycles. The predicted molar refractivity (Wildman–Crippen MR) is 69.1 cm³/mol. The Morgan fingerprint density at radius 3 is 2.83 bits per heavy atom. The second kappa shape index (κ2) is 5.76. The zero-order chi connectivity index (χ0) is 13.0. The van der Waals surface area contributed by atoms with Gasteiger partial charge in [0.15, 0.2) is 11.5 Å². The van der Waals surface area contributed by atoms with Crippen LogP contribution in [0.15, 0.2) is 18.2 Å². The smallest absolute Gasteiger partial charge is 0.220 e. The minimum absolute atomic E-state index is 0.143. The van der Waals surface area contributed by atoms with Crippen LogP contribution in [-0.2, 0) is 4.79 Å². The molecule has 0 spiro atoms. The maximum Gasteiger partial charge on any atom is 0.220 e. The topological polar surface area (TPSA) is 47.6 Å².